The lowest BCUT2D eigenvalue weighted by atomic mass is 9.95. The van der Waals surface area contributed by atoms with Crippen molar-refractivity contribution in [2.24, 2.45) is 11.7 Å². The fourth-order valence-electron chi connectivity index (χ4n) is 2.28. The van der Waals surface area contributed by atoms with Crippen molar-refractivity contribution in [2.75, 3.05) is 13.1 Å². The van der Waals surface area contributed by atoms with Crippen molar-refractivity contribution >= 4 is 35.6 Å². The van der Waals surface area contributed by atoms with E-state index in [1.165, 1.54) is 11.3 Å². The van der Waals surface area contributed by atoms with Gasteiger partial charge in [-0.25, -0.2) is 0 Å². The second-order valence-corrected chi connectivity index (χ2v) is 6.55. The first kappa shape index (κ1) is 21.2. The van der Waals surface area contributed by atoms with E-state index in [0.29, 0.717) is 24.4 Å². The molecule has 1 aromatic carbocycles. The number of halogens is 1. The van der Waals surface area contributed by atoms with Crippen LogP contribution in [0, 0.1) is 5.92 Å². The molecule has 0 aliphatic rings. The SMILES string of the molecule is CC(C(=O)NCCCNC(=O)c1cccs1)C(N)c1ccccc1.Cl. The lowest BCUT2D eigenvalue weighted by Crippen LogP contribution is -2.37. The maximum Gasteiger partial charge on any atom is 0.261 e. The van der Waals surface area contributed by atoms with Crippen molar-refractivity contribution < 1.29 is 9.59 Å². The van der Waals surface area contributed by atoms with Crippen LogP contribution < -0.4 is 16.4 Å². The standard InChI is InChI=1S/C18H23N3O2S.ClH/c1-13(16(19)14-7-3-2-4-8-14)17(22)20-10-6-11-21-18(23)15-9-5-12-24-15;/h2-5,7-9,12-13,16H,6,10-11,19H2,1H3,(H,20,22)(H,21,23);1H. The zero-order valence-electron chi connectivity index (χ0n) is 14.1. The van der Waals surface area contributed by atoms with Crippen molar-refractivity contribution in [1.29, 1.82) is 0 Å². The van der Waals surface area contributed by atoms with Crippen LogP contribution >= 0.6 is 23.7 Å². The summed E-state index contributed by atoms with van der Waals surface area (Å²) in [5.74, 6) is -0.458. The van der Waals surface area contributed by atoms with Gasteiger partial charge in [-0.1, -0.05) is 43.3 Å². The highest BCUT2D eigenvalue weighted by atomic mass is 35.5. The minimum atomic E-state index is -0.329. The van der Waals surface area contributed by atoms with Crippen molar-refractivity contribution in [2.45, 2.75) is 19.4 Å². The van der Waals surface area contributed by atoms with Crippen LogP contribution in [0.15, 0.2) is 47.8 Å². The molecule has 0 radical (unpaired) electrons. The Morgan fingerprint density at radius 1 is 1.08 bits per heavy atom. The van der Waals surface area contributed by atoms with E-state index in [-0.39, 0.29) is 36.2 Å². The molecule has 0 saturated carbocycles. The highest BCUT2D eigenvalue weighted by molar-refractivity contribution is 7.12. The molecule has 0 aliphatic carbocycles. The monoisotopic (exact) mass is 381 g/mol. The van der Waals surface area contributed by atoms with Gasteiger partial charge in [0.1, 0.15) is 0 Å². The van der Waals surface area contributed by atoms with E-state index in [2.05, 4.69) is 10.6 Å². The first-order chi connectivity index (χ1) is 11.6. The van der Waals surface area contributed by atoms with E-state index in [4.69, 9.17) is 5.73 Å². The quantitative estimate of drug-likeness (QED) is 0.614. The molecule has 2 unspecified atom stereocenters. The highest BCUT2D eigenvalue weighted by Crippen LogP contribution is 2.18. The summed E-state index contributed by atoms with van der Waals surface area (Å²) in [5.41, 5.74) is 7.09. The summed E-state index contributed by atoms with van der Waals surface area (Å²) in [6, 6.07) is 12.9. The van der Waals surface area contributed by atoms with Crippen LogP contribution in [0.25, 0.3) is 0 Å². The van der Waals surface area contributed by atoms with E-state index in [1.54, 1.807) is 6.07 Å². The van der Waals surface area contributed by atoms with E-state index in [0.717, 1.165) is 5.56 Å². The van der Waals surface area contributed by atoms with Crippen LogP contribution in [0.2, 0.25) is 0 Å². The molecule has 0 saturated heterocycles. The number of rotatable bonds is 8. The number of carbonyl (C=O) groups is 2. The fourth-order valence-corrected chi connectivity index (χ4v) is 2.92. The molecule has 7 heteroatoms. The fraction of sp³-hybridized carbons (Fsp3) is 0.333. The summed E-state index contributed by atoms with van der Waals surface area (Å²) in [7, 11) is 0. The van der Waals surface area contributed by atoms with Crippen LogP contribution in [-0.2, 0) is 4.79 Å². The van der Waals surface area contributed by atoms with Crippen LogP contribution in [0.1, 0.15) is 34.6 Å². The number of thiophene rings is 1. The lowest BCUT2D eigenvalue weighted by molar-refractivity contribution is -0.125. The van der Waals surface area contributed by atoms with Gasteiger partial charge in [0.2, 0.25) is 5.91 Å². The van der Waals surface area contributed by atoms with E-state index in [1.807, 2.05) is 48.7 Å². The second-order valence-electron chi connectivity index (χ2n) is 5.60. The maximum atomic E-state index is 12.2. The molecule has 2 rings (SSSR count). The molecule has 25 heavy (non-hydrogen) atoms. The normalized spacial score (nSPS) is 12.6. The molecule has 1 aromatic heterocycles. The minimum Gasteiger partial charge on any atom is -0.356 e. The molecule has 2 atom stereocenters. The smallest absolute Gasteiger partial charge is 0.261 e. The molecule has 4 N–H and O–H groups in total. The molecular formula is C18H24ClN3O2S. The third-order valence-corrected chi connectivity index (χ3v) is 4.69. The van der Waals surface area contributed by atoms with Gasteiger partial charge in [0, 0.05) is 19.1 Å². The zero-order chi connectivity index (χ0) is 17.4. The number of hydrogen-bond donors (Lipinski definition) is 3. The second kappa shape index (κ2) is 10.9. The van der Waals surface area contributed by atoms with Crippen molar-refractivity contribution in [3.05, 3.63) is 58.3 Å². The van der Waals surface area contributed by atoms with Crippen LogP contribution in [0.4, 0.5) is 0 Å². The molecule has 1 heterocycles. The topological polar surface area (TPSA) is 84.2 Å². The van der Waals surface area contributed by atoms with Gasteiger partial charge < -0.3 is 16.4 Å². The summed E-state index contributed by atoms with van der Waals surface area (Å²) >= 11 is 1.41. The predicted molar refractivity (Wildman–Crippen MR) is 104 cm³/mol. The first-order valence-corrected chi connectivity index (χ1v) is 8.87. The van der Waals surface area contributed by atoms with E-state index in [9.17, 15) is 9.59 Å². The Labute approximate surface area is 158 Å². The molecule has 136 valence electrons. The van der Waals surface area contributed by atoms with Crippen LogP contribution in [0.3, 0.4) is 0 Å². The Morgan fingerprint density at radius 2 is 1.76 bits per heavy atom. The van der Waals surface area contributed by atoms with E-state index < -0.39 is 0 Å². The first-order valence-electron chi connectivity index (χ1n) is 7.99. The summed E-state index contributed by atoms with van der Waals surface area (Å²) in [5, 5.41) is 7.57. The molecule has 0 bridgehead atoms. The summed E-state index contributed by atoms with van der Waals surface area (Å²) in [6.07, 6.45) is 0.677. The number of nitrogens with two attached hydrogens (primary N) is 1. The van der Waals surface area contributed by atoms with Gasteiger partial charge in [0.15, 0.2) is 0 Å². The third kappa shape index (κ3) is 6.49. The molecule has 0 spiro atoms. The van der Waals surface area contributed by atoms with Gasteiger partial charge in [0.25, 0.3) is 5.91 Å². The predicted octanol–water partition coefficient (Wildman–Crippen LogP) is 2.74. The van der Waals surface area contributed by atoms with Crippen LogP contribution in [-0.4, -0.2) is 24.9 Å². The number of hydrogen-bond acceptors (Lipinski definition) is 4. The summed E-state index contributed by atoms with van der Waals surface area (Å²) in [6.45, 7) is 2.86. The Bertz CT molecular complexity index is 650. The minimum absolute atomic E-state index is 0. The van der Waals surface area contributed by atoms with Gasteiger partial charge in [-0.2, -0.15) is 0 Å². The molecule has 2 aromatic rings. The molecule has 0 fully saturated rings. The van der Waals surface area contributed by atoms with Crippen LogP contribution in [0.5, 0.6) is 0 Å². The van der Waals surface area contributed by atoms with E-state index >= 15 is 0 Å². The third-order valence-electron chi connectivity index (χ3n) is 3.82. The van der Waals surface area contributed by atoms with Gasteiger partial charge in [-0.3, -0.25) is 9.59 Å². The number of benzene rings is 1. The maximum absolute atomic E-state index is 12.2. The zero-order valence-corrected chi connectivity index (χ0v) is 15.7. The lowest BCUT2D eigenvalue weighted by Gasteiger charge is -2.19. The van der Waals surface area contributed by atoms with Crippen molar-refractivity contribution in [1.82, 2.24) is 10.6 Å². The van der Waals surface area contributed by atoms with Crippen molar-refractivity contribution in [3.63, 3.8) is 0 Å². The summed E-state index contributed by atoms with van der Waals surface area (Å²) in [4.78, 5) is 24.6. The average molecular weight is 382 g/mol. The largest absolute Gasteiger partial charge is 0.356 e. The number of carbonyl (C=O) groups excluding carboxylic acids is 2. The molecular weight excluding hydrogens is 358 g/mol. The van der Waals surface area contributed by atoms with Gasteiger partial charge in [-0.05, 0) is 23.4 Å². The van der Waals surface area contributed by atoms with Gasteiger partial charge in [-0.15, -0.1) is 23.7 Å². The van der Waals surface area contributed by atoms with Gasteiger partial charge >= 0.3 is 0 Å². The Hall–Kier alpha value is -1.89. The molecule has 5 nitrogen and oxygen atoms in total. The number of amides is 2. The Balaban J connectivity index is 0.00000312. The summed E-state index contributed by atoms with van der Waals surface area (Å²) < 4.78 is 0. The molecule has 2 amide bonds. The van der Waals surface area contributed by atoms with Gasteiger partial charge in [0.05, 0.1) is 10.8 Å². The highest BCUT2D eigenvalue weighted by Gasteiger charge is 2.21. The van der Waals surface area contributed by atoms with Crippen molar-refractivity contribution in [3.8, 4) is 0 Å². The number of nitrogens with one attached hydrogen (secondary N) is 2. The average Bonchev–Trinajstić information content (AvgIpc) is 3.15. The Kier molecular flexibility index (Phi) is 9.20. The Morgan fingerprint density at radius 3 is 2.40 bits per heavy atom. The molecule has 0 aliphatic heterocycles.